The van der Waals surface area contributed by atoms with Crippen molar-refractivity contribution < 1.29 is 19.5 Å². The molecule has 0 bridgehead atoms. The first-order valence-electron chi connectivity index (χ1n) is 3.97. The van der Waals surface area contributed by atoms with E-state index in [0.717, 1.165) is 11.8 Å². The van der Waals surface area contributed by atoms with Gasteiger partial charge in [0, 0.05) is 5.75 Å². The highest BCUT2D eigenvalue weighted by molar-refractivity contribution is 8.14. The van der Waals surface area contributed by atoms with E-state index in [9.17, 15) is 14.4 Å². The van der Waals surface area contributed by atoms with Crippen molar-refractivity contribution in [2.45, 2.75) is 19.0 Å². The number of carboxylic acid groups (broad SMARTS) is 1. The van der Waals surface area contributed by atoms with E-state index < -0.39 is 24.0 Å². The molecule has 14 heavy (non-hydrogen) atoms. The van der Waals surface area contributed by atoms with Gasteiger partial charge >= 0.3 is 5.97 Å². The number of hydrogen-bond donors (Lipinski definition) is 3. The molecule has 1 heterocycles. The number of hydrogen-bond acceptors (Lipinski definition) is 4. The van der Waals surface area contributed by atoms with Crippen molar-refractivity contribution in [1.82, 2.24) is 10.6 Å². The van der Waals surface area contributed by atoms with Crippen LogP contribution < -0.4 is 10.6 Å². The number of carbonyl (C=O) groups excluding carboxylic acids is 2. The molecule has 6 nitrogen and oxygen atoms in total. The van der Waals surface area contributed by atoms with Gasteiger partial charge in [-0.3, -0.25) is 14.4 Å². The Labute approximate surface area is 84.4 Å². The second kappa shape index (κ2) is 4.32. The maximum atomic E-state index is 11.3. The first-order chi connectivity index (χ1) is 6.50. The molecular formula is C7H10N2O4S. The highest BCUT2D eigenvalue weighted by Gasteiger charge is 2.29. The summed E-state index contributed by atoms with van der Waals surface area (Å²) in [5.41, 5.74) is 0. The third-order valence-electron chi connectivity index (χ3n) is 1.72. The zero-order valence-electron chi connectivity index (χ0n) is 7.44. The average Bonchev–Trinajstić information content (AvgIpc) is 2.51. The minimum atomic E-state index is -1.10. The maximum Gasteiger partial charge on any atom is 0.325 e. The summed E-state index contributed by atoms with van der Waals surface area (Å²) in [6.07, 6.45) is 0. The Morgan fingerprint density at radius 1 is 1.71 bits per heavy atom. The van der Waals surface area contributed by atoms with Gasteiger partial charge in [-0.15, -0.1) is 0 Å². The molecule has 0 aromatic rings. The summed E-state index contributed by atoms with van der Waals surface area (Å²) in [5, 5.41) is 13.0. The third kappa shape index (κ3) is 2.63. The molecule has 1 saturated heterocycles. The molecule has 0 aromatic carbocycles. The van der Waals surface area contributed by atoms with Crippen LogP contribution in [0.5, 0.6) is 0 Å². The zero-order valence-corrected chi connectivity index (χ0v) is 8.26. The van der Waals surface area contributed by atoms with E-state index in [1.54, 1.807) is 0 Å². The summed E-state index contributed by atoms with van der Waals surface area (Å²) in [7, 11) is 0. The number of rotatable bonds is 3. The molecule has 2 atom stereocenters. The van der Waals surface area contributed by atoms with Crippen molar-refractivity contribution >= 4 is 28.9 Å². The minimum absolute atomic E-state index is 0.256. The molecule has 1 fully saturated rings. The summed E-state index contributed by atoms with van der Waals surface area (Å²) in [6.45, 7) is 1.37. The zero-order chi connectivity index (χ0) is 10.7. The van der Waals surface area contributed by atoms with E-state index in [1.165, 1.54) is 6.92 Å². The predicted octanol–water partition coefficient (Wildman–Crippen LogP) is -0.599. The molecular weight excluding hydrogens is 208 g/mol. The van der Waals surface area contributed by atoms with Crippen molar-refractivity contribution in [2.24, 2.45) is 0 Å². The Balaban J connectivity index is 2.42. The van der Waals surface area contributed by atoms with Gasteiger partial charge in [0.25, 0.3) is 5.24 Å². The van der Waals surface area contributed by atoms with Crippen LogP contribution in [0, 0.1) is 0 Å². The Bertz CT molecular complexity index is 281. The lowest BCUT2D eigenvalue weighted by Gasteiger charge is -2.12. The Kier molecular flexibility index (Phi) is 3.34. The molecule has 3 N–H and O–H groups in total. The summed E-state index contributed by atoms with van der Waals surface area (Å²) in [6, 6.07) is -1.56. The largest absolute Gasteiger partial charge is 0.480 e. The molecule has 1 aliphatic heterocycles. The van der Waals surface area contributed by atoms with Gasteiger partial charge < -0.3 is 15.7 Å². The fourth-order valence-corrected chi connectivity index (χ4v) is 1.68. The van der Waals surface area contributed by atoms with Gasteiger partial charge in [0.2, 0.25) is 5.91 Å². The molecule has 2 unspecified atom stereocenters. The maximum absolute atomic E-state index is 11.3. The Hall–Kier alpha value is -1.24. The van der Waals surface area contributed by atoms with Gasteiger partial charge in [0.1, 0.15) is 12.1 Å². The van der Waals surface area contributed by atoms with Crippen LogP contribution in [0.25, 0.3) is 0 Å². The number of carbonyl (C=O) groups is 3. The molecule has 78 valence electrons. The number of nitrogens with one attached hydrogen (secondary N) is 2. The smallest absolute Gasteiger partial charge is 0.325 e. The molecule has 1 aliphatic rings. The van der Waals surface area contributed by atoms with Crippen LogP contribution in [0.1, 0.15) is 6.92 Å². The van der Waals surface area contributed by atoms with Crippen molar-refractivity contribution in [3.05, 3.63) is 0 Å². The van der Waals surface area contributed by atoms with E-state index in [4.69, 9.17) is 5.11 Å². The van der Waals surface area contributed by atoms with Crippen molar-refractivity contribution in [1.29, 1.82) is 0 Å². The van der Waals surface area contributed by atoms with Crippen LogP contribution in [-0.4, -0.2) is 40.1 Å². The van der Waals surface area contributed by atoms with Gasteiger partial charge in [-0.05, 0) is 6.92 Å². The first-order valence-corrected chi connectivity index (χ1v) is 4.95. The van der Waals surface area contributed by atoms with E-state index in [-0.39, 0.29) is 5.24 Å². The summed E-state index contributed by atoms with van der Waals surface area (Å²) >= 11 is 1.01. The lowest BCUT2D eigenvalue weighted by Crippen LogP contribution is -2.48. The molecule has 7 heteroatoms. The van der Waals surface area contributed by atoms with Crippen molar-refractivity contribution in [3.8, 4) is 0 Å². The monoisotopic (exact) mass is 218 g/mol. The molecule has 0 radical (unpaired) electrons. The highest BCUT2D eigenvalue weighted by atomic mass is 32.2. The lowest BCUT2D eigenvalue weighted by molar-refractivity contribution is -0.141. The molecule has 2 amide bonds. The Morgan fingerprint density at radius 3 is 2.79 bits per heavy atom. The van der Waals surface area contributed by atoms with Crippen LogP contribution in [0.4, 0.5) is 4.79 Å². The van der Waals surface area contributed by atoms with E-state index >= 15 is 0 Å². The van der Waals surface area contributed by atoms with Crippen LogP contribution in [0.3, 0.4) is 0 Å². The minimum Gasteiger partial charge on any atom is -0.480 e. The van der Waals surface area contributed by atoms with Crippen molar-refractivity contribution in [3.63, 3.8) is 0 Å². The van der Waals surface area contributed by atoms with Crippen LogP contribution in [0.15, 0.2) is 0 Å². The lowest BCUT2D eigenvalue weighted by atomic mass is 10.2. The van der Waals surface area contributed by atoms with Gasteiger partial charge in [-0.1, -0.05) is 11.8 Å². The molecule has 0 aliphatic carbocycles. The molecule has 0 aromatic heterocycles. The number of amides is 2. The van der Waals surface area contributed by atoms with Gasteiger partial charge in [-0.2, -0.15) is 0 Å². The average molecular weight is 218 g/mol. The van der Waals surface area contributed by atoms with E-state index in [2.05, 4.69) is 10.6 Å². The predicted molar refractivity (Wildman–Crippen MR) is 50.0 cm³/mol. The first kappa shape index (κ1) is 10.8. The van der Waals surface area contributed by atoms with E-state index in [0.29, 0.717) is 5.75 Å². The fraction of sp³-hybridized carbons (Fsp3) is 0.571. The third-order valence-corrected chi connectivity index (χ3v) is 2.60. The molecule has 0 saturated carbocycles. The highest BCUT2D eigenvalue weighted by Crippen LogP contribution is 2.12. The topological polar surface area (TPSA) is 95.5 Å². The van der Waals surface area contributed by atoms with Crippen LogP contribution >= 0.6 is 11.8 Å². The second-order valence-electron chi connectivity index (χ2n) is 2.86. The van der Waals surface area contributed by atoms with Gasteiger partial charge in [0.05, 0.1) is 0 Å². The fourth-order valence-electron chi connectivity index (χ4n) is 0.902. The molecule has 0 spiro atoms. The number of thioether (sulfide) groups is 1. The normalized spacial score (nSPS) is 22.6. The number of carboxylic acids is 1. The Morgan fingerprint density at radius 2 is 2.36 bits per heavy atom. The molecule has 1 rings (SSSR count). The number of aliphatic carboxylic acids is 1. The van der Waals surface area contributed by atoms with Crippen LogP contribution in [0.2, 0.25) is 0 Å². The second-order valence-corrected chi connectivity index (χ2v) is 3.86. The summed E-state index contributed by atoms with van der Waals surface area (Å²) < 4.78 is 0. The summed E-state index contributed by atoms with van der Waals surface area (Å²) in [5.74, 6) is -1.22. The van der Waals surface area contributed by atoms with Crippen molar-refractivity contribution in [2.75, 3.05) is 5.75 Å². The van der Waals surface area contributed by atoms with E-state index in [1.807, 2.05) is 0 Å². The van der Waals surface area contributed by atoms with Gasteiger partial charge in [-0.25, -0.2) is 0 Å². The van der Waals surface area contributed by atoms with Gasteiger partial charge in [0.15, 0.2) is 0 Å². The standard InChI is InChI=1S/C7H10N2O4S/c1-3(6(11)12)8-5(10)4-2-14-7(13)9-4/h3-4H,2H2,1H3,(H,8,10)(H,9,13)(H,11,12). The SMILES string of the molecule is CC(NC(=O)C1CSC(=O)N1)C(=O)O. The van der Waals surface area contributed by atoms with Crippen LogP contribution in [-0.2, 0) is 9.59 Å². The quantitative estimate of drug-likeness (QED) is 0.588. The summed E-state index contributed by atoms with van der Waals surface area (Å²) in [4.78, 5) is 32.4.